The van der Waals surface area contributed by atoms with Crippen LogP contribution in [0, 0.1) is 16.7 Å². The summed E-state index contributed by atoms with van der Waals surface area (Å²) in [7, 11) is 0. The highest BCUT2D eigenvalue weighted by atomic mass is 16.5. The van der Waals surface area contributed by atoms with Crippen LogP contribution in [0.5, 0.6) is 5.75 Å². The van der Waals surface area contributed by atoms with E-state index in [9.17, 15) is 15.2 Å². The van der Waals surface area contributed by atoms with Crippen LogP contribution in [0.25, 0.3) is 16.6 Å². The van der Waals surface area contributed by atoms with E-state index in [2.05, 4.69) is 45.8 Å². The molecule has 9 heterocycles. The van der Waals surface area contributed by atoms with Gasteiger partial charge in [-0.3, -0.25) is 4.90 Å². The predicted molar refractivity (Wildman–Crippen MR) is 169 cm³/mol. The standard InChI is InChI=1S/C34H42N8O3/c1-34(2)7-8-38(21-34)33(44)42-26-11-27(42)19-39(18-26)31-6-3-22(16-36-31)30-14-29(20-41-32(30)23(15-35)17-37-41)45-10-9-40-24-4-5-25(40)13-28(43)12-24/h3,6,14,16-17,20,24-28,43H,4-5,7-13,18-19,21H2,1-2H3/t24-,25+,26?,27?,28?. The van der Waals surface area contributed by atoms with E-state index in [0.717, 1.165) is 93.7 Å². The van der Waals surface area contributed by atoms with E-state index in [0.29, 0.717) is 30.0 Å². The number of hydrogen-bond donors (Lipinski definition) is 1. The first kappa shape index (κ1) is 28.6. The molecule has 2 amide bonds. The predicted octanol–water partition coefficient (Wildman–Crippen LogP) is 3.75. The third-order valence-electron chi connectivity index (χ3n) is 10.9. The lowest BCUT2D eigenvalue weighted by molar-refractivity contribution is 0.0204. The zero-order valence-corrected chi connectivity index (χ0v) is 26.2. The van der Waals surface area contributed by atoms with Gasteiger partial charge in [0.15, 0.2) is 0 Å². The molecule has 3 aromatic heterocycles. The molecule has 0 aromatic carbocycles. The number of piperidine rings is 2. The Labute approximate surface area is 264 Å². The minimum atomic E-state index is -0.175. The summed E-state index contributed by atoms with van der Waals surface area (Å²) < 4.78 is 8.00. The van der Waals surface area contributed by atoms with Crippen LogP contribution in [0.4, 0.5) is 10.6 Å². The molecule has 9 rings (SSSR count). The largest absolute Gasteiger partial charge is 0.491 e. The number of urea groups is 1. The Morgan fingerprint density at radius 1 is 1.11 bits per heavy atom. The molecule has 3 unspecified atom stereocenters. The van der Waals surface area contributed by atoms with E-state index < -0.39 is 0 Å². The highest BCUT2D eigenvalue weighted by Crippen LogP contribution is 2.39. The number of hydrogen-bond acceptors (Lipinski definition) is 8. The SMILES string of the molecule is CC1(C)CCN(C(=O)N2C3CC2CN(c2ccc(-c4cc(OCCN5[C@@H]6CC[C@H]5CC(O)C6)cn5ncc(C#N)c45)cn2)C3)C1. The van der Waals surface area contributed by atoms with Gasteiger partial charge in [-0.25, -0.2) is 14.3 Å². The summed E-state index contributed by atoms with van der Waals surface area (Å²) in [5, 5.41) is 24.4. The molecule has 11 heteroatoms. The van der Waals surface area contributed by atoms with E-state index in [1.165, 1.54) is 0 Å². The first-order chi connectivity index (χ1) is 21.8. The number of carbonyl (C=O) groups is 1. The summed E-state index contributed by atoms with van der Waals surface area (Å²) in [5.41, 5.74) is 3.19. The molecule has 1 N–H and O–H groups in total. The zero-order valence-electron chi connectivity index (χ0n) is 26.2. The molecule has 6 fully saturated rings. The van der Waals surface area contributed by atoms with E-state index >= 15 is 0 Å². The van der Waals surface area contributed by atoms with E-state index in [1.807, 2.05) is 29.4 Å². The molecule has 236 valence electrons. The van der Waals surface area contributed by atoms with Gasteiger partial charge in [0.2, 0.25) is 0 Å². The Balaban J connectivity index is 0.964. The number of ether oxygens (including phenoxy) is 1. The number of likely N-dealkylation sites (tertiary alicyclic amines) is 1. The number of anilines is 1. The Hall–Kier alpha value is -3.88. The molecule has 5 atom stereocenters. The Morgan fingerprint density at radius 3 is 2.56 bits per heavy atom. The van der Waals surface area contributed by atoms with Crippen molar-refractivity contribution in [3.8, 4) is 22.9 Å². The number of fused-ring (bicyclic) bond motifs is 5. The van der Waals surface area contributed by atoms with Gasteiger partial charge >= 0.3 is 6.03 Å². The molecular weight excluding hydrogens is 568 g/mol. The molecule has 11 nitrogen and oxygen atoms in total. The summed E-state index contributed by atoms with van der Waals surface area (Å²) in [6.45, 7) is 9.12. The van der Waals surface area contributed by atoms with Crippen molar-refractivity contribution >= 4 is 17.4 Å². The first-order valence-electron chi connectivity index (χ1n) is 16.5. The molecule has 45 heavy (non-hydrogen) atoms. The fourth-order valence-corrected chi connectivity index (χ4v) is 8.64. The molecule has 6 aliphatic rings. The van der Waals surface area contributed by atoms with Crippen LogP contribution in [0.2, 0.25) is 0 Å². The lowest BCUT2D eigenvalue weighted by Crippen LogP contribution is -2.72. The van der Waals surface area contributed by atoms with Crippen molar-refractivity contribution in [1.29, 1.82) is 5.26 Å². The highest BCUT2D eigenvalue weighted by Gasteiger charge is 2.50. The van der Waals surface area contributed by atoms with Crippen LogP contribution in [0.1, 0.15) is 57.9 Å². The summed E-state index contributed by atoms with van der Waals surface area (Å²) >= 11 is 0. The molecule has 0 aliphatic carbocycles. The number of amides is 2. The number of pyridine rings is 2. The minimum Gasteiger partial charge on any atom is -0.491 e. The number of aromatic nitrogens is 3. The molecule has 0 spiro atoms. The van der Waals surface area contributed by atoms with Gasteiger partial charge in [0, 0.05) is 62.1 Å². The quantitative estimate of drug-likeness (QED) is 0.449. The van der Waals surface area contributed by atoms with E-state index in [1.54, 1.807) is 10.7 Å². The van der Waals surface area contributed by atoms with Crippen molar-refractivity contribution in [3.63, 3.8) is 0 Å². The Morgan fingerprint density at radius 2 is 1.89 bits per heavy atom. The maximum absolute atomic E-state index is 13.3. The smallest absolute Gasteiger partial charge is 0.320 e. The van der Waals surface area contributed by atoms with Gasteiger partial charge in [-0.15, -0.1) is 0 Å². The third-order valence-corrected chi connectivity index (χ3v) is 10.9. The monoisotopic (exact) mass is 610 g/mol. The molecule has 6 aliphatic heterocycles. The lowest BCUT2D eigenvalue weighted by Gasteiger charge is -2.57. The van der Waals surface area contributed by atoms with Crippen molar-refractivity contribution in [2.24, 2.45) is 5.41 Å². The normalized spacial score (nSPS) is 28.8. The van der Waals surface area contributed by atoms with Crippen molar-refractivity contribution < 1.29 is 14.6 Å². The summed E-state index contributed by atoms with van der Waals surface area (Å²) in [6, 6.07) is 9.92. The minimum absolute atomic E-state index is 0.175. The number of nitriles is 1. The van der Waals surface area contributed by atoms with Crippen LogP contribution < -0.4 is 9.64 Å². The molecular formula is C34H42N8O3. The fraction of sp³-hybridized carbons (Fsp3) is 0.588. The summed E-state index contributed by atoms with van der Waals surface area (Å²) in [5.74, 6) is 1.60. The number of aliphatic hydroxyl groups is 1. The molecule has 0 radical (unpaired) electrons. The number of piperazine rings is 1. The summed E-state index contributed by atoms with van der Waals surface area (Å²) in [4.78, 5) is 27.1. The number of aliphatic hydroxyl groups excluding tert-OH is 1. The Bertz CT molecular complexity index is 1620. The molecule has 6 saturated heterocycles. The summed E-state index contributed by atoms with van der Waals surface area (Å²) in [6.07, 6.45) is 11.3. The van der Waals surface area contributed by atoms with Crippen LogP contribution >= 0.6 is 0 Å². The van der Waals surface area contributed by atoms with Crippen LogP contribution in [0.15, 0.2) is 36.8 Å². The van der Waals surface area contributed by atoms with Crippen molar-refractivity contribution in [3.05, 3.63) is 42.4 Å². The topological polar surface area (TPSA) is 113 Å². The van der Waals surface area contributed by atoms with Gasteiger partial charge in [-0.2, -0.15) is 10.4 Å². The molecule has 3 aromatic rings. The molecule has 0 saturated carbocycles. The molecule has 4 bridgehead atoms. The number of carbonyl (C=O) groups excluding carboxylic acids is 1. The number of rotatable bonds is 6. The third kappa shape index (κ3) is 5.08. The average Bonchev–Trinajstić information content (AvgIpc) is 3.69. The van der Waals surface area contributed by atoms with Gasteiger partial charge in [-0.05, 0) is 62.1 Å². The fourth-order valence-electron chi connectivity index (χ4n) is 8.64. The van der Waals surface area contributed by atoms with Crippen LogP contribution in [0.3, 0.4) is 0 Å². The van der Waals surface area contributed by atoms with E-state index in [-0.39, 0.29) is 29.6 Å². The van der Waals surface area contributed by atoms with Crippen LogP contribution in [-0.2, 0) is 0 Å². The second-order valence-corrected chi connectivity index (χ2v) is 14.5. The van der Waals surface area contributed by atoms with E-state index in [4.69, 9.17) is 9.72 Å². The van der Waals surface area contributed by atoms with Crippen molar-refractivity contribution in [1.82, 2.24) is 29.3 Å². The zero-order chi connectivity index (χ0) is 30.9. The maximum atomic E-state index is 13.3. The van der Waals surface area contributed by atoms with Gasteiger partial charge in [0.1, 0.15) is 24.2 Å². The first-order valence-corrected chi connectivity index (χ1v) is 16.5. The number of nitrogens with zero attached hydrogens (tertiary/aromatic N) is 8. The Kier molecular flexibility index (Phi) is 6.91. The van der Waals surface area contributed by atoms with Crippen LogP contribution in [-0.4, -0.2) is 110 Å². The van der Waals surface area contributed by atoms with Crippen molar-refractivity contribution in [2.75, 3.05) is 44.2 Å². The highest BCUT2D eigenvalue weighted by molar-refractivity contribution is 5.85. The lowest BCUT2D eigenvalue weighted by atomic mass is 9.87. The van der Waals surface area contributed by atoms with Gasteiger partial charge < -0.3 is 24.5 Å². The maximum Gasteiger partial charge on any atom is 0.320 e. The van der Waals surface area contributed by atoms with Crippen molar-refractivity contribution in [2.45, 2.75) is 82.6 Å². The van der Waals surface area contributed by atoms with Gasteiger partial charge in [0.25, 0.3) is 0 Å². The van der Waals surface area contributed by atoms with Gasteiger partial charge in [-0.1, -0.05) is 13.8 Å². The average molecular weight is 611 g/mol. The second-order valence-electron chi connectivity index (χ2n) is 14.5. The second kappa shape index (κ2) is 10.9. The van der Waals surface area contributed by atoms with Gasteiger partial charge in [0.05, 0.1) is 41.7 Å².